The fraction of sp³-hybridized carbons (Fsp3) is 0.853. The molecule has 81 heavy (non-hydrogen) atoms. The van der Waals surface area contributed by atoms with Crippen molar-refractivity contribution < 1.29 is 28.6 Å². The lowest BCUT2D eigenvalue weighted by atomic mass is 10.0. The van der Waals surface area contributed by atoms with Crippen molar-refractivity contribution >= 4 is 17.9 Å². The van der Waals surface area contributed by atoms with E-state index in [1.807, 2.05) is 0 Å². The maximum atomic E-state index is 13.0. The maximum Gasteiger partial charge on any atom is 0.306 e. The zero-order valence-electron chi connectivity index (χ0n) is 54.6. The predicted octanol–water partition coefficient (Wildman–Crippen LogP) is 24.9. The standard InChI is InChI=1S/C75H138O6/c1-4-7-10-13-16-19-22-25-28-30-32-33-34-35-36-37-38-39-40-41-43-44-47-50-53-56-59-62-65-68-74(77)80-71-72(70-79-73(76)67-64-61-58-55-52-49-46-27-24-21-18-15-12-9-6-3)81-75(78)69-66-63-60-57-54-51-48-45-42-31-29-26-23-20-17-14-11-8-5-2/h18,21-22,25,27,30,32,46,72H,4-17,19-20,23-24,26,28-29,31,33-45,47-71H2,1-3H3/b21-18-,25-22-,32-30-,46-27-. The van der Waals surface area contributed by atoms with E-state index in [4.69, 9.17) is 14.2 Å². The Balaban J connectivity index is 4.22. The average molecular weight is 1140 g/mol. The van der Waals surface area contributed by atoms with E-state index in [1.54, 1.807) is 0 Å². The number of ether oxygens (including phenoxy) is 3. The minimum Gasteiger partial charge on any atom is -0.462 e. The second-order valence-electron chi connectivity index (χ2n) is 24.5. The van der Waals surface area contributed by atoms with E-state index < -0.39 is 6.10 Å². The Bertz CT molecular complexity index is 1400. The van der Waals surface area contributed by atoms with E-state index in [0.29, 0.717) is 19.3 Å². The first-order valence-electron chi connectivity index (χ1n) is 36.1. The van der Waals surface area contributed by atoms with E-state index >= 15 is 0 Å². The minimum atomic E-state index is -0.777. The summed E-state index contributed by atoms with van der Waals surface area (Å²) in [6.07, 6.45) is 88.6. The van der Waals surface area contributed by atoms with Crippen LogP contribution < -0.4 is 0 Å². The molecule has 0 spiro atoms. The number of rotatable bonds is 67. The molecule has 0 saturated carbocycles. The van der Waals surface area contributed by atoms with Crippen LogP contribution in [0.3, 0.4) is 0 Å². The molecule has 1 atom stereocenters. The summed E-state index contributed by atoms with van der Waals surface area (Å²) in [7, 11) is 0. The Labute approximate surface area is 505 Å². The molecule has 0 aromatic carbocycles. The molecule has 0 bridgehead atoms. The first kappa shape index (κ1) is 78.4. The van der Waals surface area contributed by atoms with E-state index in [9.17, 15) is 14.4 Å². The molecule has 0 amide bonds. The zero-order chi connectivity index (χ0) is 58.5. The summed E-state index contributed by atoms with van der Waals surface area (Å²) < 4.78 is 17.0. The Kier molecular flexibility index (Phi) is 67.6. The molecule has 1 unspecified atom stereocenters. The van der Waals surface area contributed by atoms with Crippen LogP contribution in [-0.4, -0.2) is 37.2 Å². The number of hydrogen-bond donors (Lipinski definition) is 0. The molecule has 0 aromatic rings. The lowest BCUT2D eigenvalue weighted by Gasteiger charge is -2.18. The Morgan fingerprint density at radius 1 is 0.247 bits per heavy atom. The second kappa shape index (κ2) is 69.9. The highest BCUT2D eigenvalue weighted by atomic mass is 16.6. The lowest BCUT2D eigenvalue weighted by molar-refractivity contribution is -0.167. The molecule has 0 fully saturated rings. The number of hydrogen-bond acceptors (Lipinski definition) is 6. The van der Waals surface area contributed by atoms with Gasteiger partial charge in [-0.05, 0) is 83.5 Å². The number of allylic oxidation sites excluding steroid dienone is 8. The molecule has 6 nitrogen and oxygen atoms in total. The molecular formula is C75H138O6. The van der Waals surface area contributed by atoms with Crippen molar-refractivity contribution in [1.82, 2.24) is 0 Å². The Morgan fingerprint density at radius 2 is 0.444 bits per heavy atom. The topological polar surface area (TPSA) is 78.9 Å². The summed E-state index contributed by atoms with van der Waals surface area (Å²) in [5.41, 5.74) is 0. The second-order valence-corrected chi connectivity index (χ2v) is 24.5. The van der Waals surface area contributed by atoms with Crippen LogP contribution in [0, 0.1) is 0 Å². The van der Waals surface area contributed by atoms with Gasteiger partial charge in [0, 0.05) is 19.3 Å². The van der Waals surface area contributed by atoms with E-state index in [0.717, 1.165) is 83.5 Å². The highest BCUT2D eigenvalue weighted by molar-refractivity contribution is 5.71. The van der Waals surface area contributed by atoms with Crippen LogP contribution in [0.25, 0.3) is 0 Å². The van der Waals surface area contributed by atoms with Crippen LogP contribution in [0.15, 0.2) is 48.6 Å². The molecule has 0 aromatic heterocycles. The van der Waals surface area contributed by atoms with Gasteiger partial charge >= 0.3 is 17.9 Å². The largest absolute Gasteiger partial charge is 0.462 e. The maximum absolute atomic E-state index is 13.0. The summed E-state index contributed by atoms with van der Waals surface area (Å²) in [4.78, 5) is 38.4. The number of esters is 3. The van der Waals surface area contributed by atoms with E-state index in [2.05, 4.69) is 69.4 Å². The van der Waals surface area contributed by atoms with Gasteiger partial charge in [-0.1, -0.05) is 339 Å². The number of carbonyl (C=O) groups excluding carboxylic acids is 3. The van der Waals surface area contributed by atoms with Crippen molar-refractivity contribution in [2.75, 3.05) is 13.2 Å². The quantitative estimate of drug-likeness (QED) is 0.0261. The van der Waals surface area contributed by atoms with Gasteiger partial charge in [0.05, 0.1) is 0 Å². The average Bonchev–Trinajstić information content (AvgIpc) is 3.47. The monoisotopic (exact) mass is 1140 g/mol. The molecule has 0 aliphatic heterocycles. The van der Waals surface area contributed by atoms with Crippen LogP contribution >= 0.6 is 0 Å². The Morgan fingerprint density at radius 3 is 0.704 bits per heavy atom. The van der Waals surface area contributed by atoms with Crippen molar-refractivity contribution in [3.63, 3.8) is 0 Å². The Hall–Kier alpha value is -2.63. The van der Waals surface area contributed by atoms with Gasteiger partial charge in [0.15, 0.2) is 6.10 Å². The van der Waals surface area contributed by atoms with Crippen molar-refractivity contribution in [1.29, 1.82) is 0 Å². The molecule has 474 valence electrons. The van der Waals surface area contributed by atoms with Crippen molar-refractivity contribution in [2.45, 2.75) is 399 Å². The molecule has 0 radical (unpaired) electrons. The molecule has 6 heteroatoms. The fourth-order valence-corrected chi connectivity index (χ4v) is 10.9. The molecule has 0 aliphatic rings. The van der Waals surface area contributed by atoms with Crippen molar-refractivity contribution in [2.24, 2.45) is 0 Å². The van der Waals surface area contributed by atoms with Gasteiger partial charge in [-0.3, -0.25) is 14.4 Å². The van der Waals surface area contributed by atoms with Gasteiger partial charge in [-0.25, -0.2) is 0 Å². The zero-order valence-corrected chi connectivity index (χ0v) is 54.6. The molecule has 0 aliphatic carbocycles. The summed E-state index contributed by atoms with van der Waals surface area (Å²) in [6.45, 7) is 6.66. The van der Waals surface area contributed by atoms with E-state index in [1.165, 1.54) is 270 Å². The fourth-order valence-electron chi connectivity index (χ4n) is 10.9. The smallest absolute Gasteiger partial charge is 0.306 e. The summed E-state index contributed by atoms with van der Waals surface area (Å²) >= 11 is 0. The predicted molar refractivity (Wildman–Crippen MR) is 353 cm³/mol. The first-order valence-corrected chi connectivity index (χ1v) is 36.1. The normalized spacial score (nSPS) is 12.3. The lowest BCUT2D eigenvalue weighted by Crippen LogP contribution is -2.30. The van der Waals surface area contributed by atoms with Crippen LogP contribution in [0.2, 0.25) is 0 Å². The van der Waals surface area contributed by atoms with Gasteiger partial charge in [-0.15, -0.1) is 0 Å². The number of unbranched alkanes of at least 4 members (excludes halogenated alkanes) is 48. The third kappa shape index (κ3) is 68.0. The van der Waals surface area contributed by atoms with Gasteiger partial charge in [0.1, 0.15) is 13.2 Å². The van der Waals surface area contributed by atoms with Gasteiger partial charge in [-0.2, -0.15) is 0 Å². The van der Waals surface area contributed by atoms with Crippen LogP contribution in [0.1, 0.15) is 393 Å². The van der Waals surface area contributed by atoms with E-state index in [-0.39, 0.29) is 31.1 Å². The third-order valence-corrected chi connectivity index (χ3v) is 16.3. The van der Waals surface area contributed by atoms with Gasteiger partial charge in [0.25, 0.3) is 0 Å². The van der Waals surface area contributed by atoms with Gasteiger partial charge in [0.2, 0.25) is 0 Å². The highest BCUT2D eigenvalue weighted by Crippen LogP contribution is 2.18. The van der Waals surface area contributed by atoms with Crippen molar-refractivity contribution in [3.05, 3.63) is 48.6 Å². The third-order valence-electron chi connectivity index (χ3n) is 16.3. The molecule has 0 heterocycles. The molecule has 0 rings (SSSR count). The summed E-state index contributed by atoms with van der Waals surface area (Å²) in [5, 5.41) is 0. The summed E-state index contributed by atoms with van der Waals surface area (Å²) in [6, 6.07) is 0. The van der Waals surface area contributed by atoms with Crippen LogP contribution in [-0.2, 0) is 28.6 Å². The number of carbonyl (C=O) groups is 3. The highest BCUT2D eigenvalue weighted by Gasteiger charge is 2.19. The summed E-state index contributed by atoms with van der Waals surface area (Å²) in [5.74, 6) is -0.858. The molecule has 0 N–H and O–H groups in total. The molecule has 0 saturated heterocycles. The van der Waals surface area contributed by atoms with Crippen molar-refractivity contribution in [3.8, 4) is 0 Å². The first-order chi connectivity index (χ1) is 40.0. The van der Waals surface area contributed by atoms with Crippen LogP contribution in [0.4, 0.5) is 0 Å². The SMILES string of the molecule is CCCCC/C=C\C/C=C\CCCCCCCC(=O)OCC(COC(=O)CCCCCCCCCCCCCCCCCCC/C=C\C/C=C\CCCCCCC)OC(=O)CCCCCCCCCCCCCCCCCCCCC. The van der Waals surface area contributed by atoms with Crippen LogP contribution in [0.5, 0.6) is 0 Å². The minimum absolute atomic E-state index is 0.0724. The molecular weight excluding hydrogens is 997 g/mol. The van der Waals surface area contributed by atoms with Gasteiger partial charge < -0.3 is 14.2 Å².